The highest BCUT2D eigenvalue weighted by molar-refractivity contribution is 9.10. The van der Waals surface area contributed by atoms with Crippen molar-refractivity contribution in [3.63, 3.8) is 0 Å². The third-order valence-corrected chi connectivity index (χ3v) is 4.61. The number of carboxylic acid groups (broad SMARTS) is 1. The standard InChI is InChI=1S/C11H13BrN2O2/c12-9-4-13-14-10(9)7-2-5-1-6(5)3-8(7)11(15)16/h4-8H,1-3H2,(H,13,14)(H,15,16). The van der Waals surface area contributed by atoms with Crippen LogP contribution < -0.4 is 0 Å². The summed E-state index contributed by atoms with van der Waals surface area (Å²) < 4.78 is 0.905. The van der Waals surface area contributed by atoms with Crippen LogP contribution >= 0.6 is 15.9 Å². The second kappa shape index (κ2) is 3.58. The first-order valence-electron chi connectivity index (χ1n) is 5.58. The van der Waals surface area contributed by atoms with Gasteiger partial charge in [0, 0.05) is 5.92 Å². The number of carbonyl (C=O) groups is 1. The second-order valence-corrected chi connectivity index (χ2v) is 5.76. The molecular weight excluding hydrogens is 272 g/mol. The van der Waals surface area contributed by atoms with Gasteiger partial charge in [0.2, 0.25) is 0 Å². The van der Waals surface area contributed by atoms with Crippen molar-refractivity contribution in [1.82, 2.24) is 10.2 Å². The van der Waals surface area contributed by atoms with Crippen LogP contribution in [0.1, 0.15) is 30.9 Å². The summed E-state index contributed by atoms with van der Waals surface area (Å²) in [5.41, 5.74) is 0.956. The summed E-state index contributed by atoms with van der Waals surface area (Å²) in [5, 5.41) is 16.2. The van der Waals surface area contributed by atoms with E-state index < -0.39 is 5.97 Å². The van der Waals surface area contributed by atoms with E-state index in [0.717, 1.165) is 28.9 Å². The molecule has 0 saturated heterocycles. The molecular formula is C11H13BrN2O2. The molecule has 0 bridgehead atoms. The third kappa shape index (κ3) is 1.57. The smallest absolute Gasteiger partial charge is 0.307 e. The molecule has 4 unspecified atom stereocenters. The average Bonchev–Trinajstić information content (AvgIpc) is 2.89. The van der Waals surface area contributed by atoms with Crippen molar-refractivity contribution in [2.75, 3.05) is 0 Å². The van der Waals surface area contributed by atoms with Gasteiger partial charge in [0.05, 0.1) is 22.3 Å². The highest BCUT2D eigenvalue weighted by Crippen LogP contribution is 2.56. The Bertz CT molecular complexity index is 431. The summed E-state index contributed by atoms with van der Waals surface area (Å²) in [6.45, 7) is 0. The number of hydrogen-bond acceptors (Lipinski definition) is 2. The zero-order valence-electron chi connectivity index (χ0n) is 8.69. The van der Waals surface area contributed by atoms with Gasteiger partial charge in [-0.1, -0.05) is 0 Å². The third-order valence-electron chi connectivity index (χ3n) is 3.98. The highest BCUT2D eigenvalue weighted by Gasteiger charge is 2.49. The summed E-state index contributed by atoms with van der Waals surface area (Å²) in [6, 6.07) is 0. The van der Waals surface area contributed by atoms with Gasteiger partial charge in [-0.25, -0.2) is 0 Å². The van der Waals surface area contributed by atoms with E-state index in [2.05, 4.69) is 26.1 Å². The molecule has 2 fully saturated rings. The van der Waals surface area contributed by atoms with Crippen LogP contribution in [0.2, 0.25) is 0 Å². The highest BCUT2D eigenvalue weighted by atomic mass is 79.9. The molecule has 5 heteroatoms. The molecule has 2 aliphatic rings. The predicted molar refractivity (Wildman–Crippen MR) is 61.0 cm³/mol. The normalized spacial score (nSPS) is 36.8. The van der Waals surface area contributed by atoms with Crippen LogP contribution in [0.3, 0.4) is 0 Å². The number of fused-ring (bicyclic) bond motifs is 1. The number of aromatic nitrogens is 2. The number of aromatic amines is 1. The van der Waals surface area contributed by atoms with Crippen LogP contribution in [-0.4, -0.2) is 21.3 Å². The molecule has 0 radical (unpaired) electrons. The number of hydrogen-bond donors (Lipinski definition) is 2. The van der Waals surface area contributed by atoms with E-state index in [4.69, 9.17) is 0 Å². The summed E-state index contributed by atoms with van der Waals surface area (Å²) in [5.74, 6) is 0.588. The molecule has 1 heterocycles. The molecule has 4 atom stereocenters. The lowest BCUT2D eigenvalue weighted by Gasteiger charge is -2.27. The fourth-order valence-electron chi connectivity index (χ4n) is 3.00. The van der Waals surface area contributed by atoms with E-state index >= 15 is 0 Å². The van der Waals surface area contributed by atoms with Gasteiger partial charge >= 0.3 is 5.97 Å². The molecule has 0 aromatic carbocycles. The molecule has 2 saturated carbocycles. The van der Waals surface area contributed by atoms with Crippen LogP contribution in [0.4, 0.5) is 0 Å². The summed E-state index contributed by atoms with van der Waals surface area (Å²) in [7, 11) is 0. The summed E-state index contributed by atoms with van der Waals surface area (Å²) in [4.78, 5) is 11.3. The maximum Gasteiger partial charge on any atom is 0.307 e. The maximum absolute atomic E-state index is 11.3. The predicted octanol–water partition coefficient (Wildman–Crippen LogP) is 2.39. The van der Waals surface area contributed by atoms with Gasteiger partial charge in [-0.15, -0.1) is 0 Å². The van der Waals surface area contributed by atoms with Crippen LogP contribution in [0.5, 0.6) is 0 Å². The molecule has 4 nitrogen and oxygen atoms in total. The largest absolute Gasteiger partial charge is 0.481 e. The van der Waals surface area contributed by atoms with Gasteiger partial charge in [-0.05, 0) is 47.0 Å². The molecule has 2 N–H and O–H groups in total. The van der Waals surface area contributed by atoms with Crippen molar-refractivity contribution < 1.29 is 9.90 Å². The second-order valence-electron chi connectivity index (χ2n) is 4.91. The van der Waals surface area contributed by atoms with E-state index in [1.807, 2.05) is 0 Å². The quantitative estimate of drug-likeness (QED) is 0.876. The fraction of sp³-hybridized carbons (Fsp3) is 0.636. The van der Waals surface area contributed by atoms with Crippen LogP contribution in [0, 0.1) is 17.8 Å². The zero-order chi connectivity index (χ0) is 11.3. The summed E-state index contributed by atoms with van der Waals surface area (Å²) >= 11 is 3.43. The lowest BCUT2D eigenvalue weighted by atomic mass is 9.77. The Labute approximate surface area is 102 Å². The van der Waals surface area contributed by atoms with Crippen LogP contribution in [0.25, 0.3) is 0 Å². The lowest BCUT2D eigenvalue weighted by Crippen LogP contribution is -2.27. The number of nitrogens with zero attached hydrogens (tertiary/aromatic N) is 1. The molecule has 3 rings (SSSR count). The molecule has 0 amide bonds. The fourth-order valence-corrected chi connectivity index (χ4v) is 3.49. The maximum atomic E-state index is 11.3. The van der Waals surface area contributed by atoms with Crippen molar-refractivity contribution >= 4 is 21.9 Å². The van der Waals surface area contributed by atoms with Crippen molar-refractivity contribution in [2.45, 2.75) is 25.2 Å². The topological polar surface area (TPSA) is 66.0 Å². The first-order chi connectivity index (χ1) is 7.66. The molecule has 16 heavy (non-hydrogen) atoms. The van der Waals surface area contributed by atoms with Crippen molar-refractivity contribution in [3.05, 3.63) is 16.4 Å². The monoisotopic (exact) mass is 284 g/mol. The minimum Gasteiger partial charge on any atom is -0.481 e. The van der Waals surface area contributed by atoms with Gasteiger partial charge in [0.1, 0.15) is 0 Å². The number of carboxylic acids is 1. The van der Waals surface area contributed by atoms with Gasteiger partial charge in [0.15, 0.2) is 0 Å². The SMILES string of the molecule is O=C(O)C1CC2CC2CC1c1[nH]ncc1Br. The van der Waals surface area contributed by atoms with Gasteiger partial charge in [-0.2, -0.15) is 5.10 Å². The molecule has 2 aliphatic carbocycles. The first kappa shape index (κ1) is 10.3. The number of H-pyrrole nitrogens is 1. The van der Waals surface area contributed by atoms with Crippen LogP contribution in [-0.2, 0) is 4.79 Å². The Balaban J connectivity index is 1.91. The first-order valence-corrected chi connectivity index (χ1v) is 6.37. The number of nitrogens with one attached hydrogen (secondary N) is 1. The van der Waals surface area contributed by atoms with Gasteiger partial charge in [-0.3, -0.25) is 9.89 Å². The van der Waals surface area contributed by atoms with Crippen molar-refractivity contribution in [2.24, 2.45) is 17.8 Å². The number of rotatable bonds is 2. The van der Waals surface area contributed by atoms with E-state index in [1.54, 1.807) is 6.20 Å². The Morgan fingerprint density at radius 3 is 2.81 bits per heavy atom. The van der Waals surface area contributed by atoms with E-state index in [1.165, 1.54) is 6.42 Å². The van der Waals surface area contributed by atoms with Gasteiger partial charge in [0.25, 0.3) is 0 Å². The van der Waals surface area contributed by atoms with Crippen molar-refractivity contribution in [1.29, 1.82) is 0 Å². The Hall–Kier alpha value is -0.840. The van der Waals surface area contributed by atoms with Crippen molar-refractivity contribution in [3.8, 4) is 0 Å². The Kier molecular flexibility index (Phi) is 2.31. The Morgan fingerprint density at radius 1 is 1.44 bits per heavy atom. The molecule has 0 aliphatic heterocycles. The zero-order valence-corrected chi connectivity index (χ0v) is 10.3. The molecule has 0 spiro atoms. The van der Waals surface area contributed by atoms with E-state index in [0.29, 0.717) is 5.92 Å². The summed E-state index contributed by atoms with van der Waals surface area (Å²) in [6.07, 6.45) is 4.73. The average molecular weight is 285 g/mol. The molecule has 86 valence electrons. The molecule has 1 aromatic rings. The lowest BCUT2D eigenvalue weighted by molar-refractivity contribution is -0.143. The van der Waals surface area contributed by atoms with Crippen LogP contribution in [0.15, 0.2) is 10.7 Å². The Morgan fingerprint density at radius 2 is 2.19 bits per heavy atom. The minimum atomic E-state index is -0.670. The number of halogens is 1. The van der Waals surface area contributed by atoms with E-state index in [9.17, 15) is 9.90 Å². The minimum absolute atomic E-state index is 0.0955. The number of aliphatic carboxylic acids is 1. The van der Waals surface area contributed by atoms with Gasteiger partial charge < -0.3 is 5.11 Å². The van der Waals surface area contributed by atoms with E-state index in [-0.39, 0.29) is 11.8 Å². The molecule has 1 aromatic heterocycles.